The van der Waals surface area contributed by atoms with Gasteiger partial charge in [-0.2, -0.15) is 5.26 Å². The van der Waals surface area contributed by atoms with Crippen LogP contribution < -0.4 is 0 Å². The Balaban J connectivity index is 1.37. The van der Waals surface area contributed by atoms with Crippen molar-refractivity contribution in [3.8, 4) is 50.8 Å². The van der Waals surface area contributed by atoms with Crippen molar-refractivity contribution in [3.63, 3.8) is 0 Å². The molecule has 7 aromatic carbocycles. The Hall–Kier alpha value is -7.14. The number of benzene rings is 7. The van der Waals surface area contributed by atoms with Gasteiger partial charge >= 0.3 is 0 Å². The number of aromatic nitrogens is 2. The summed E-state index contributed by atoms with van der Waals surface area (Å²) >= 11 is 0. The van der Waals surface area contributed by atoms with Gasteiger partial charge in [0.05, 0.1) is 29.6 Å². The first-order chi connectivity index (χ1) is 24.7. The van der Waals surface area contributed by atoms with Crippen molar-refractivity contribution in [2.75, 3.05) is 0 Å². The van der Waals surface area contributed by atoms with Crippen LogP contribution in [0.2, 0.25) is 0 Å². The quantitative estimate of drug-likeness (QED) is 0.110. The highest BCUT2D eigenvalue weighted by Crippen LogP contribution is 2.49. The van der Waals surface area contributed by atoms with Crippen LogP contribution in [0.5, 0.6) is 0 Å². The van der Waals surface area contributed by atoms with Crippen LogP contribution >= 0.6 is 0 Å². The van der Waals surface area contributed by atoms with Crippen LogP contribution in [-0.4, -0.2) is 9.97 Å². The van der Waals surface area contributed by atoms with Crippen LogP contribution in [0.15, 0.2) is 158 Å². The van der Waals surface area contributed by atoms with Crippen molar-refractivity contribution in [2.24, 2.45) is 0 Å². The van der Waals surface area contributed by atoms with Gasteiger partial charge in [0.15, 0.2) is 5.69 Å². The molecule has 0 N–H and O–H groups in total. The summed E-state index contributed by atoms with van der Waals surface area (Å²) < 4.78 is 0. The van der Waals surface area contributed by atoms with E-state index in [0.29, 0.717) is 11.3 Å². The molecule has 2 heterocycles. The Morgan fingerprint density at radius 1 is 0.460 bits per heavy atom. The lowest BCUT2D eigenvalue weighted by Gasteiger charge is -2.21. The van der Waals surface area contributed by atoms with E-state index in [0.717, 1.165) is 33.6 Å². The zero-order chi connectivity index (χ0) is 33.6. The first-order valence-corrected chi connectivity index (χ1v) is 16.4. The minimum Gasteiger partial charge on any atom is -0.259 e. The van der Waals surface area contributed by atoms with E-state index in [1.54, 1.807) is 24.5 Å². The lowest BCUT2D eigenvalue weighted by Crippen LogP contribution is -1.94. The number of nitrogens with zero attached hydrogens (tertiary/aromatic N) is 4. The third-order valence-electron chi connectivity index (χ3n) is 9.60. The van der Waals surface area contributed by atoms with Gasteiger partial charge in [-0.05, 0) is 95.2 Å². The Morgan fingerprint density at radius 2 is 0.880 bits per heavy atom. The van der Waals surface area contributed by atoms with Gasteiger partial charge in [0.1, 0.15) is 0 Å². The summed E-state index contributed by atoms with van der Waals surface area (Å²) in [6.45, 7) is 7.45. The maximum Gasteiger partial charge on any atom is 0.190 e. The average Bonchev–Trinajstić information content (AvgIpc) is 3.20. The van der Waals surface area contributed by atoms with Crippen molar-refractivity contribution in [2.45, 2.75) is 0 Å². The Bertz CT molecular complexity index is 2680. The molecular weight excluding hydrogens is 609 g/mol. The van der Waals surface area contributed by atoms with Crippen LogP contribution in [0.4, 0.5) is 5.69 Å². The zero-order valence-electron chi connectivity index (χ0n) is 26.8. The minimum absolute atomic E-state index is 0.574. The molecule has 0 fully saturated rings. The molecule has 0 saturated carbocycles. The normalized spacial score (nSPS) is 11.2. The second-order valence-electron chi connectivity index (χ2n) is 12.3. The number of rotatable bonds is 4. The highest BCUT2D eigenvalue weighted by molar-refractivity contribution is 6.36. The lowest BCUT2D eigenvalue weighted by molar-refractivity contribution is 1.31. The Kier molecular flexibility index (Phi) is 6.87. The van der Waals surface area contributed by atoms with Crippen LogP contribution in [0, 0.1) is 17.9 Å². The van der Waals surface area contributed by atoms with Crippen molar-refractivity contribution >= 4 is 48.8 Å². The number of hydrogen-bond acceptors (Lipinski definition) is 3. The van der Waals surface area contributed by atoms with Crippen molar-refractivity contribution < 1.29 is 0 Å². The highest BCUT2D eigenvalue weighted by atomic mass is 14.7. The minimum atomic E-state index is 0.574. The van der Waals surface area contributed by atoms with Gasteiger partial charge in [0, 0.05) is 18.0 Å². The number of fused-ring (bicyclic) bond motifs is 7. The molecule has 0 amide bonds. The summed E-state index contributed by atoms with van der Waals surface area (Å²) in [6.07, 6.45) is 3.38. The third kappa shape index (κ3) is 4.67. The van der Waals surface area contributed by atoms with Gasteiger partial charge in [-0.15, -0.1) is 0 Å². The van der Waals surface area contributed by atoms with Crippen LogP contribution in [-0.2, 0) is 0 Å². The molecule has 0 aliphatic carbocycles. The van der Waals surface area contributed by atoms with Gasteiger partial charge < -0.3 is 0 Å². The molecular formula is C46H26N4. The molecule has 4 nitrogen and oxygen atoms in total. The first-order valence-electron chi connectivity index (χ1n) is 16.4. The summed E-state index contributed by atoms with van der Waals surface area (Å²) in [7, 11) is 0. The van der Waals surface area contributed by atoms with E-state index in [9.17, 15) is 5.26 Å². The maximum absolute atomic E-state index is 9.46. The van der Waals surface area contributed by atoms with E-state index < -0.39 is 0 Å². The van der Waals surface area contributed by atoms with Gasteiger partial charge in [0.25, 0.3) is 0 Å². The summed E-state index contributed by atoms with van der Waals surface area (Å²) in [5.41, 5.74) is 9.24. The van der Waals surface area contributed by atoms with Gasteiger partial charge in [0.2, 0.25) is 0 Å². The predicted octanol–water partition coefficient (Wildman–Crippen LogP) is 12.2. The van der Waals surface area contributed by atoms with E-state index >= 15 is 0 Å². The summed E-state index contributed by atoms with van der Waals surface area (Å²) in [6, 6.07) is 52.7. The topological polar surface area (TPSA) is 53.9 Å². The summed E-state index contributed by atoms with van der Waals surface area (Å²) in [5.74, 6) is 0. The van der Waals surface area contributed by atoms with Crippen LogP contribution in [0.1, 0.15) is 5.56 Å². The van der Waals surface area contributed by atoms with Crippen molar-refractivity contribution in [1.82, 2.24) is 9.97 Å². The van der Waals surface area contributed by atoms with E-state index in [1.807, 2.05) is 12.1 Å². The molecule has 0 saturated heterocycles. The molecule has 0 aliphatic rings. The summed E-state index contributed by atoms with van der Waals surface area (Å²) in [4.78, 5) is 12.7. The van der Waals surface area contributed by atoms with Crippen LogP contribution in [0.25, 0.3) is 92.7 Å². The molecule has 0 radical (unpaired) electrons. The molecule has 0 bridgehead atoms. The third-order valence-corrected chi connectivity index (χ3v) is 9.60. The molecule has 9 rings (SSSR count). The van der Waals surface area contributed by atoms with E-state index in [2.05, 4.69) is 142 Å². The Labute approximate surface area is 289 Å². The average molecular weight is 635 g/mol. The fourth-order valence-electron chi connectivity index (χ4n) is 7.37. The monoisotopic (exact) mass is 634 g/mol. The molecule has 0 atom stereocenters. The van der Waals surface area contributed by atoms with Gasteiger partial charge in [-0.25, -0.2) is 4.85 Å². The zero-order valence-corrected chi connectivity index (χ0v) is 26.8. The number of hydrogen-bond donors (Lipinski definition) is 0. The first kappa shape index (κ1) is 29.0. The molecule has 4 heteroatoms. The summed E-state index contributed by atoms with van der Waals surface area (Å²) in [5, 5.41) is 19.1. The molecule has 50 heavy (non-hydrogen) atoms. The molecule has 9 aromatic rings. The highest BCUT2D eigenvalue weighted by Gasteiger charge is 2.21. The second-order valence-corrected chi connectivity index (χ2v) is 12.3. The maximum atomic E-state index is 9.46. The standard InChI is InChI=1S/C46H26N4/c1-48-34-23-25-50-42(27-34)31-16-20-33(21-17-31)44-40-13-7-6-12-39(40)43(32-18-14-30(15-19-32)41-26-29(28-47)22-24-49-41)45-37-10-4-2-8-35(37)36-9-3-5-11-38(36)46(44)45/h2-27H. The fourth-order valence-corrected chi connectivity index (χ4v) is 7.37. The SMILES string of the molecule is [C-]#[N+]c1ccnc(-c2ccc(-c3c4ccccc4c(-c4ccc(-c5cc(C#N)ccn5)cc4)c4c5ccccc5c5ccccc5c34)cc2)c1. The lowest BCUT2D eigenvalue weighted by atomic mass is 9.81. The van der Waals surface area contributed by atoms with Crippen LogP contribution in [0.3, 0.4) is 0 Å². The van der Waals surface area contributed by atoms with Crippen molar-refractivity contribution in [1.29, 1.82) is 5.26 Å². The molecule has 0 aliphatic heterocycles. The molecule has 0 unspecified atom stereocenters. The Morgan fingerprint density at radius 3 is 1.36 bits per heavy atom. The van der Waals surface area contributed by atoms with Gasteiger partial charge in [-0.1, -0.05) is 121 Å². The van der Waals surface area contributed by atoms with Gasteiger partial charge in [-0.3, -0.25) is 9.97 Å². The second kappa shape index (κ2) is 11.8. The predicted molar refractivity (Wildman–Crippen MR) is 205 cm³/mol. The van der Waals surface area contributed by atoms with E-state index in [-0.39, 0.29) is 0 Å². The van der Waals surface area contributed by atoms with E-state index in [4.69, 9.17) is 6.57 Å². The molecule has 2 aromatic heterocycles. The number of pyridine rings is 2. The molecule has 0 spiro atoms. The smallest absolute Gasteiger partial charge is 0.190 e. The fraction of sp³-hybridized carbons (Fsp3) is 0. The van der Waals surface area contributed by atoms with E-state index in [1.165, 1.54) is 54.2 Å². The largest absolute Gasteiger partial charge is 0.259 e. The van der Waals surface area contributed by atoms with Crippen molar-refractivity contribution in [3.05, 3.63) is 175 Å². The number of nitriles is 1. The molecule has 230 valence electrons.